The average molecular weight is 373 g/mol. The Morgan fingerprint density at radius 2 is 1.93 bits per heavy atom. The minimum atomic E-state index is -0.259. The molecule has 2 N–H and O–H groups in total. The van der Waals surface area contributed by atoms with E-state index in [0.29, 0.717) is 24.1 Å². The molecule has 1 unspecified atom stereocenters. The van der Waals surface area contributed by atoms with Crippen molar-refractivity contribution in [3.8, 4) is 0 Å². The highest BCUT2D eigenvalue weighted by Crippen LogP contribution is 2.35. The SMILES string of the molecule is CC(=O)N1CCC(NC(=O)NC(c2cccc3nonc23)C(C)(C)C)CC1. The molecule has 0 radical (unpaired) electrons. The fourth-order valence-corrected chi connectivity index (χ4v) is 3.52. The van der Waals surface area contributed by atoms with Crippen molar-refractivity contribution in [3.05, 3.63) is 23.8 Å². The van der Waals surface area contributed by atoms with Crippen LogP contribution in [0.25, 0.3) is 11.0 Å². The Hall–Kier alpha value is -2.64. The summed E-state index contributed by atoms with van der Waals surface area (Å²) in [5.41, 5.74) is 1.97. The van der Waals surface area contributed by atoms with Crippen LogP contribution in [0, 0.1) is 5.41 Å². The Balaban J connectivity index is 1.70. The van der Waals surface area contributed by atoms with Gasteiger partial charge in [-0.2, -0.15) is 0 Å². The van der Waals surface area contributed by atoms with Gasteiger partial charge in [0.2, 0.25) is 5.91 Å². The first-order valence-corrected chi connectivity index (χ1v) is 9.29. The molecule has 1 fully saturated rings. The van der Waals surface area contributed by atoms with Gasteiger partial charge in [0.1, 0.15) is 11.0 Å². The van der Waals surface area contributed by atoms with Gasteiger partial charge in [0.25, 0.3) is 0 Å². The van der Waals surface area contributed by atoms with Gasteiger partial charge < -0.3 is 15.5 Å². The van der Waals surface area contributed by atoms with Gasteiger partial charge in [0, 0.05) is 31.6 Å². The first-order valence-electron chi connectivity index (χ1n) is 9.29. The number of carbonyl (C=O) groups excluding carboxylic acids is 2. The van der Waals surface area contributed by atoms with Crippen molar-refractivity contribution in [3.63, 3.8) is 0 Å². The number of piperidine rings is 1. The molecule has 1 aromatic heterocycles. The Labute approximate surface area is 158 Å². The minimum absolute atomic E-state index is 0.0609. The van der Waals surface area contributed by atoms with Crippen LogP contribution in [0.15, 0.2) is 22.8 Å². The number of amides is 3. The van der Waals surface area contributed by atoms with Gasteiger partial charge in [-0.15, -0.1) is 0 Å². The summed E-state index contributed by atoms with van der Waals surface area (Å²) in [6.45, 7) is 9.12. The molecule has 146 valence electrons. The molecule has 8 heteroatoms. The smallest absolute Gasteiger partial charge is 0.315 e. The molecule has 2 aromatic rings. The van der Waals surface area contributed by atoms with Crippen molar-refractivity contribution in [2.24, 2.45) is 5.41 Å². The van der Waals surface area contributed by atoms with Crippen molar-refractivity contribution in [1.29, 1.82) is 0 Å². The lowest BCUT2D eigenvalue weighted by molar-refractivity contribution is -0.129. The summed E-state index contributed by atoms with van der Waals surface area (Å²) in [4.78, 5) is 25.9. The second-order valence-corrected chi connectivity index (χ2v) is 8.18. The molecule has 2 heterocycles. The van der Waals surface area contributed by atoms with Crippen molar-refractivity contribution < 1.29 is 14.2 Å². The molecular formula is C19H27N5O3. The van der Waals surface area contributed by atoms with Crippen LogP contribution in [-0.4, -0.2) is 46.3 Å². The van der Waals surface area contributed by atoms with E-state index >= 15 is 0 Å². The predicted octanol–water partition coefficient (Wildman–Crippen LogP) is 2.62. The van der Waals surface area contributed by atoms with E-state index in [4.69, 9.17) is 4.63 Å². The summed E-state index contributed by atoms with van der Waals surface area (Å²) in [5, 5.41) is 14.0. The highest BCUT2D eigenvalue weighted by molar-refractivity contribution is 5.80. The lowest BCUT2D eigenvalue weighted by Crippen LogP contribution is -2.50. The Bertz CT molecular complexity index is 818. The molecule has 1 atom stereocenters. The summed E-state index contributed by atoms with van der Waals surface area (Å²) in [7, 11) is 0. The number of nitrogens with one attached hydrogen (secondary N) is 2. The van der Waals surface area contributed by atoms with Gasteiger partial charge in [0.05, 0.1) is 6.04 Å². The third kappa shape index (κ3) is 4.37. The number of nitrogens with zero attached hydrogens (tertiary/aromatic N) is 3. The van der Waals surface area contributed by atoms with Crippen LogP contribution >= 0.6 is 0 Å². The predicted molar refractivity (Wildman–Crippen MR) is 101 cm³/mol. The fraction of sp³-hybridized carbons (Fsp3) is 0.579. The molecule has 27 heavy (non-hydrogen) atoms. The van der Waals surface area contributed by atoms with Crippen LogP contribution in [0.3, 0.4) is 0 Å². The van der Waals surface area contributed by atoms with Gasteiger partial charge in [-0.05, 0) is 34.6 Å². The topological polar surface area (TPSA) is 100 Å². The molecule has 1 saturated heterocycles. The van der Waals surface area contributed by atoms with E-state index in [2.05, 4.69) is 41.7 Å². The number of aromatic nitrogens is 2. The molecule has 0 bridgehead atoms. The van der Waals surface area contributed by atoms with Crippen LogP contribution in [-0.2, 0) is 4.79 Å². The first kappa shape index (κ1) is 19.1. The van der Waals surface area contributed by atoms with E-state index < -0.39 is 0 Å². The molecular weight excluding hydrogens is 346 g/mol. The Kier molecular flexibility index (Phi) is 5.34. The van der Waals surface area contributed by atoms with Crippen LogP contribution in [0.2, 0.25) is 0 Å². The number of fused-ring (bicyclic) bond motifs is 1. The molecule has 0 saturated carbocycles. The number of benzene rings is 1. The third-order valence-corrected chi connectivity index (χ3v) is 5.05. The minimum Gasteiger partial charge on any atom is -0.343 e. The zero-order chi connectivity index (χ0) is 19.6. The van der Waals surface area contributed by atoms with Gasteiger partial charge in [-0.3, -0.25) is 4.79 Å². The number of carbonyl (C=O) groups is 2. The third-order valence-electron chi connectivity index (χ3n) is 5.05. The monoisotopic (exact) mass is 373 g/mol. The van der Waals surface area contributed by atoms with E-state index in [0.717, 1.165) is 18.4 Å². The zero-order valence-corrected chi connectivity index (χ0v) is 16.3. The normalized spacial score (nSPS) is 17.0. The van der Waals surface area contributed by atoms with Crippen LogP contribution in [0.4, 0.5) is 4.79 Å². The quantitative estimate of drug-likeness (QED) is 0.861. The fourth-order valence-electron chi connectivity index (χ4n) is 3.52. The van der Waals surface area contributed by atoms with E-state index in [1.54, 1.807) is 6.92 Å². The van der Waals surface area contributed by atoms with Gasteiger partial charge in [-0.1, -0.05) is 32.9 Å². The Morgan fingerprint density at radius 1 is 1.22 bits per heavy atom. The molecule has 0 spiro atoms. The van der Waals surface area contributed by atoms with Gasteiger partial charge >= 0.3 is 6.03 Å². The first-order chi connectivity index (χ1) is 12.8. The molecule has 3 rings (SSSR count). The summed E-state index contributed by atoms with van der Waals surface area (Å²) in [6, 6.07) is 5.24. The molecule has 8 nitrogen and oxygen atoms in total. The largest absolute Gasteiger partial charge is 0.343 e. The lowest BCUT2D eigenvalue weighted by Gasteiger charge is -2.34. The maximum Gasteiger partial charge on any atom is 0.315 e. The van der Waals surface area contributed by atoms with Crippen LogP contribution in [0.5, 0.6) is 0 Å². The molecule has 3 amide bonds. The van der Waals surface area contributed by atoms with E-state index in [9.17, 15) is 9.59 Å². The average Bonchev–Trinajstić information content (AvgIpc) is 3.08. The maximum absolute atomic E-state index is 12.7. The standard InChI is InChI=1S/C19H27N5O3/c1-12(25)24-10-8-13(9-11-24)20-18(26)21-17(19(2,3)4)14-6-5-7-15-16(14)23-27-22-15/h5-7,13,17H,8-11H2,1-4H3,(H2,20,21,26). The molecule has 1 aromatic carbocycles. The zero-order valence-electron chi connectivity index (χ0n) is 16.3. The summed E-state index contributed by atoms with van der Waals surface area (Å²) < 4.78 is 4.86. The maximum atomic E-state index is 12.7. The number of rotatable bonds is 3. The highest BCUT2D eigenvalue weighted by atomic mass is 16.6. The summed E-state index contributed by atoms with van der Waals surface area (Å²) >= 11 is 0. The Morgan fingerprint density at radius 3 is 2.56 bits per heavy atom. The number of likely N-dealkylation sites (tertiary alicyclic amines) is 1. The summed E-state index contributed by atoms with van der Waals surface area (Å²) in [5.74, 6) is 0.0833. The van der Waals surface area contributed by atoms with E-state index in [-0.39, 0.29) is 29.4 Å². The van der Waals surface area contributed by atoms with Gasteiger partial charge in [0.15, 0.2) is 0 Å². The van der Waals surface area contributed by atoms with E-state index in [1.165, 1.54) is 0 Å². The van der Waals surface area contributed by atoms with Crippen molar-refractivity contribution in [1.82, 2.24) is 25.8 Å². The lowest BCUT2D eigenvalue weighted by atomic mass is 9.82. The van der Waals surface area contributed by atoms with Crippen molar-refractivity contribution >= 4 is 23.0 Å². The van der Waals surface area contributed by atoms with Crippen LogP contribution in [0.1, 0.15) is 52.1 Å². The highest BCUT2D eigenvalue weighted by Gasteiger charge is 2.31. The van der Waals surface area contributed by atoms with Crippen molar-refractivity contribution in [2.75, 3.05) is 13.1 Å². The number of hydrogen-bond donors (Lipinski definition) is 2. The summed E-state index contributed by atoms with van der Waals surface area (Å²) in [6.07, 6.45) is 1.52. The molecule has 0 aliphatic carbocycles. The second kappa shape index (κ2) is 7.54. The van der Waals surface area contributed by atoms with E-state index in [1.807, 2.05) is 23.1 Å². The van der Waals surface area contributed by atoms with Crippen LogP contribution < -0.4 is 10.6 Å². The van der Waals surface area contributed by atoms with Crippen molar-refractivity contribution in [2.45, 2.75) is 52.6 Å². The second-order valence-electron chi connectivity index (χ2n) is 8.18. The molecule has 1 aliphatic heterocycles. The van der Waals surface area contributed by atoms with Gasteiger partial charge in [-0.25, -0.2) is 9.42 Å². The number of hydrogen-bond acceptors (Lipinski definition) is 5. The number of urea groups is 1. The molecule has 1 aliphatic rings.